The smallest absolute Gasteiger partial charge is 0.338 e. The van der Waals surface area contributed by atoms with Gasteiger partial charge in [0.2, 0.25) is 0 Å². The number of anilines is 2. The summed E-state index contributed by atoms with van der Waals surface area (Å²) in [5.41, 5.74) is 3.35. The summed E-state index contributed by atoms with van der Waals surface area (Å²) in [6, 6.07) is 20.2. The Labute approximate surface area is 206 Å². The van der Waals surface area contributed by atoms with Crippen LogP contribution in [0.1, 0.15) is 21.5 Å². The molecule has 0 bridgehead atoms. The van der Waals surface area contributed by atoms with Crippen molar-refractivity contribution in [3.63, 3.8) is 0 Å². The topological polar surface area (TPSA) is 96.0 Å². The average molecular weight is 496 g/mol. The molecule has 0 radical (unpaired) electrons. The Hall–Kier alpha value is -3.85. The zero-order chi connectivity index (χ0) is 25.6. The number of carbonyl (C=O) groups is 2. The van der Waals surface area contributed by atoms with E-state index in [1.807, 2.05) is 56.3 Å². The van der Waals surface area contributed by atoms with Crippen LogP contribution in [0, 0.1) is 6.92 Å². The number of esters is 1. The molecule has 1 amide bonds. The molecule has 0 atom stereocenters. The van der Waals surface area contributed by atoms with Gasteiger partial charge in [-0.15, -0.1) is 0 Å². The van der Waals surface area contributed by atoms with Gasteiger partial charge in [-0.25, -0.2) is 13.2 Å². The molecule has 0 saturated heterocycles. The molecule has 1 N–H and O–H groups in total. The molecule has 0 aliphatic rings. The summed E-state index contributed by atoms with van der Waals surface area (Å²) < 4.78 is 33.1. The number of nitrogens with zero attached hydrogens (tertiary/aromatic N) is 2. The molecule has 0 aromatic heterocycles. The molecule has 9 heteroatoms. The summed E-state index contributed by atoms with van der Waals surface area (Å²) in [6.07, 6.45) is 0. The maximum atomic E-state index is 12.7. The van der Waals surface area contributed by atoms with Crippen molar-refractivity contribution < 1.29 is 22.7 Å². The van der Waals surface area contributed by atoms with Gasteiger partial charge in [-0.05, 0) is 60.5 Å². The van der Waals surface area contributed by atoms with E-state index < -0.39 is 22.6 Å². The first-order chi connectivity index (χ1) is 16.5. The lowest BCUT2D eigenvalue weighted by Crippen LogP contribution is -2.30. The fourth-order valence-electron chi connectivity index (χ4n) is 3.30. The number of amides is 1. The highest BCUT2D eigenvalue weighted by molar-refractivity contribution is 7.92. The van der Waals surface area contributed by atoms with E-state index in [1.54, 1.807) is 25.2 Å². The van der Waals surface area contributed by atoms with Crippen LogP contribution in [-0.2, 0) is 26.1 Å². The lowest BCUT2D eigenvalue weighted by molar-refractivity contribution is -0.133. The van der Waals surface area contributed by atoms with Crippen molar-refractivity contribution in [1.82, 2.24) is 4.90 Å². The first kappa shape index (κ1) is 25.8. The third-order valence-electron chi connectivity index (χ3n) is 5.28. The van der Waals surface area contributed by atoms with Crippen LogP contribution in [0.2, 0.25) is 0 Å². The molecule has 0 fully saturated rings. The third-order valence-corrected chi connectivity index (χ3v) is 6.65. The van der Waals surface area contributed by atoms with Gasteiger partial charge in [0, 0.05) is 39.1 Å². The molecule has 3 aromatic rings. The van der Waals surface area contributed by atoms with Crippen molar-refractivity contribution >= 4 is 33.3 Å². The standard InChI is InChI=1S/C26H29N3O5S/c1-19-7-5-9-22(15-19)27-35(32,33)24-10-6-8-21(16-24)26(31)34-18-25(30)29(4)17-20-11-13-23(14-12-20)28(2)3/h5-16,27H,17-18H2,1-4H3. The summed E-state index contributed by atoms with van der Waals surface area (Å²) in [5, 5.41) is 0. The van der Waals surface area contributed by atoms with Crippen molar-refractivity contribution in [2.45, 2.75) is 18.4 Å². The number of aryl methyl sites for hydroxylation is 1. The molecule has 3 aromatic carbocycles. The van der Waals surface area contributed by atoms with Gasteiger partial charge in [0.15, 0.2) is 6.61 Å². The molecule has 0 spiro atoms. The predicted octanol–water partition coefficient (Wildman–Crippen LogP) is 3.68. The van der Waals surface area contributed by atoms with E-state index in [9.17, 15) is 18.0 Å². The highest BCUT2D eigenvalue weighted by atomic mass is 32.2. The van der Waals surface area contributed by atoms with E-state index in [4.69, 9.17) is 4.74 Å². The monoisotopic (exact) mass is 495 g/mol. The second kappa shape index (κ2) is 11.1. The molecule has 0 aliphatic heterocycles. The highest BCUT2D eigenvalue weighted by Gasteiger charge is 2.19. The molecule has 0 unspecified atom stereocenters. The van der Waals surface area contributed by atoms with Crippen molar-refractivity contribution in [2.24, 2.45) is 0 Å². The van der Waals surface area contributed by atoms with E-state index in [0.717, 1.165) is 16.8 Å². The van der Waals surface area contributed by atoms with Crippen LogP contribution in [-0.4, -0.2) is 52.9 Å². The Bertz CT molecular complexity index is 1300. The minimum absolute atomic E-state index is 0.0341. The Kier molecular flexibility index (Phi) is 8.14. The molecule has 0 aliphatic carbocycles. The number of sulfonamides is 1. The van der Waals surface area contributed by atoms with Crippen LogP contribution in [0.4, 0.5) is 11.4 Å². The van der Waals surface area contributed by atoms with Crippen molar-refractivity contribution in [1.29, 1.82) is 0 Å². The van der Waals surface area contributed by atoms with Crippen LogP contribution in [0.5, 0.6) is 0 Å². The van der Waals surface area contributed by atoms with E-state index >= 15 is 0 Å². The van der Waals surface area contributed by atoms with Gasteiger partial charge in [0.25, 0.3) is 15.9 Å². The van der Waals surface area contributed by atoms with Crippen LogP contribution >= 0.6 is 0 Å². The van der Waals surface area contributed by atoms with Crippen LogP contribution in [0.25, 0.3) is 0 Å². The van der Waals surface area contributed by atoms with Gasteiger partial charge in [0.05, 0.1) is 10.5 Å². The Morgan fingerprint density at radius 2 is 1.60 bits per heavy atom. The van der Waals surface area contributed by atoms with Gasteiger partial charge in [0.1, 0.15) is 0 Å². The van der Waals surface area contributed by atoms with Crippen molar-refractivity contribution in [3.8, 4) is 0 Å². The second-order valence-corrected chi connectivity index (χ2v) is 10.1. The van der Waals surface area contributed by atoms with Crippen LogP contribution in [0.15, 0.2) is 77.7 Å². The van der Waals surface area contributed by atoms with Gasteiger partial charge in [-0.2, -0.15) is 0 Å². The van der Waals surface area contributed by atoms with Gasteiger partial charge in [-0.1, -0.05) is 30.3 Å². The first-order valence-electron chi connectivity index (χ1n) is 10.9. The average Bonchev–Trinajstić information content (AvgIpc) is 2.82. The van der Waals surface area contributed by atoms with Gasteiger partial charge >= 0.3 is 5.97 Å². The maximum absolute atomic E-state index is 12.7. The molecule has 0 heterocycles. The highest BCUT2D eigenvalue weighted by Crippen LogP contribution is 2.19. The number of rotatable bonds is 9. The molecular formula is C26H29N3O5S. The summed E-state index contributed by atoms with van der Waals surface area (Å²) in [6.45, 7) is 1.76. The summed E-state index contributed by atoms with van der Waals surface area (Å²) in [4.78, 5) is 28.3. The maximum Gasteiger partial charge on any atom is 0.338 e. The number of ether oxygens (including phenoxy) is 1. The largest absolute Gasteiger partial charge is 0.452 e. The fraction of sp³-hybridized carbons (Fsp3) is 0.231. The molecule has 8 nitrogen and oxygen atoms in total. The lowest BCUT2D eigenvalue weighted by Gasteiger charge is -2.18. The predicted molar refractivity (Wildman–Crippen MR) is 136 cm³/mol. The summed E-state index contributed by atoms with van der Waals surface area (Å²) in [7, 11) is 1.61. The normalized spacial score (nSPS) is 11.0. The zero-order valence-electron chi connectivity index (χ0n) is 20.2. The Balaban J connectivity index is 1.59. The van der Waals surface area contributed by atoms with Crippen molar-refractivity contribution in [3.05, 3.63) is 89.5 Å². The zero-order valence-corrected chi connectivity index (χ0v) is 21.0. The molecular weight excluding hydrogens is 466 g/mol. The molecule has 184 valence electrons. The van der Waals surface area contributed by atoms with Crippen LogP contribution < -0.4 is 9.62 Å². The van der Waals surface area contributed by atoms with E-state index in [1.165, 1.54) is 29.2 Å². The summed E-state index contributed by atoms with van der Waals surface area (Å²) in [5.74, 6) is -1.16. The Morgan fingerprint density at radius 1 is 0.914 bits per heavy atom. The number of benzene rings is 3. The van der Waals surface area contributed by atoms with Crippen molar-refractivity contribution in [2.75, 3.05) is 37.4 Å². The van der Waals surface area contributed by atoms with E-state index in [-0.39, 0.29) is 16.4 Å². The SMILES string of the molecule is Cc1cccc(NS(=O)(=O)c2cccc(C(=O)OCC(=O)N(C)Cc3ccc(N(C)C)cc3)c2)c1. The van der Waals surface area contributed by atoms with Gasteiger partial charge < -0.3 is 14.5 Å². The van der Waals surface area contributed by atoms with E-state index in [0.29, 0.717) is 12.2 Å². The number of likely N-dealkylation sites (N-methyl/N-ethyl adjacent to an activating group) is 1. The van der Waals surface area contributed by atoms with Crippen LogP contribution in [0.3, 0.4) is 0 Å². The van der Waals surface area contributed by atoms with E-state index in [2.05, 4.69) is 4.72 Å². The minimum atomic E-state index is -3.91. The minimum Gasteiger partial charge on any atom is -0.452 e. The fourth-order valence-corrected chi connectivity index (χ4v) is 4.39. The molecule has 0 saturated carbocycles. The molecule has 35 heavy (non-hydrogen) atoms. The number of carbonyl (C=O) groups excluding carboxylic acids is 2. The molecule has 3 rings (SSSR count). The second-order valence-electron chi connectivity index (χ2n) is 8.39. The number of nitrogens with one attached hydrogen (secondary N) is 1. The Morgan fingerprint density at radius 3 is 2.26 bits per heavy atom. The first-order valence-corrected chi connectivity index (χ1v) is 12.4. The van der Waals surface area contributed by atoms with Gasteiger partial charge in [-0.3, -0.25) is 9.52 Å². The number of hydrogen-bond donors (Lipinski definition) is 1. The lowest BCUT2D eigenvalue weighted by atomic mass is 10.2. The summed E-state index contributed by atoms with van der Waals surface area (Å²) >= 11 is 0. The number of hydrogen-bond acceptors (Lipinski definition) is 6. The third kappa shape index (κ3) is 7.07. The quantitative estimate of drug-likeness (QED) is 0.455.